The van der Waals surface area contributed by atoms with Crippen molar-refractivity contribution in [2.24, 2.45) is 0 Å². The number of carbonyl (C=O) groups excluding carboxylic acids is 4. The van der Waals surface area contributed by atoms with Gasteiger partial charge >= 0.3 is 12.0 Å². The lowest BCUT2D eigenvalue weighted by molar-refractivity contribution is -0.122. The number of urea groups is 1. The molecule has 0 aliphatic carbocycles. The number of carbonyl (C=O) groups is 4. The van der Waals surface area contributed by atoms with Crippen LogP contribution in [0.15, 0.2) is 36.5 Å². The number of esters is 1. The molecule has 4 rings (SSSR count). The van der Waals surface area contributed by atoms with Crippen molar-refractivity contribution in [3.05, 3.63) is 58.9 Å². The molecule has 2 aromatic rings. The number of hydrogen-bond acceptors (Lipinski definition) is 7. The molecule has 10 heteroatoms. The number of hydrogen-bond donors (Lipinski definition) is 2. The molecule has 0 saturated carbocycles. The van der Waals surface area contributed by atoms with Crippen LogP contribution in [-0.4, -0.2) is 60.0 Å². The van der Waals surface area contributed by atoms with E-state index in [1.807, 2.05) is 0 Å². The molecule has 1 saturated heterocycles. The summed E-state index contributed by atoms with van der Waals surface area (Å²) in [6.45, 7) is 0.0479. The monoisotopic (exact) mass is 434 g/mol. The highest BCUT2D eigenvalue weighted by molar-refractivity contribution is 6.10. The maximum atomic E-state index is 12.9. The summed E-state index contributed by atoms with van der Waals surface area (Å²) < 4.78 is 9.88. The van der Waals surface area contributed by atoms with Crippen molar-refractivity contribution in [3.8, 4) is 17.6 Å². The normalized spacial score (nSPS) is 18.9. The topological polar surface area (TPSA) is 127 Å². The van der Waals surface area contributed by atoms with Crippen LogP contribution in [0.25, 0.3) is 0 Å². The molecule has 1 fully saturated rings. The van der Waals surface area contributed by atoms with Gasteiger partial charge in [0, 0.05) is 18.3 Å². The van der Waals surface area contributed by atoms with Gasteiger partial charge in [0.2, 0.25) is 5.54 Å². The SMILES string of the molecule is COC(=O)c1ncccc1C#C[C@]1(CN2Cc3ccc(OC)cc3C2=O)NC(=O)NC1=O. The van der Waals surface area contributed by atoms with Crippen LogP contribution in [0.3, 0.4) is 0 Å². The lowest BCUT2D eigenvalue weighted by atomic mass is 9.99. The first-order valence-corrected chi connectivity index (χ1v) is 9.53. The molecule has 0 unspecified atom stereocenters. The highest BCUT2D eigenvalue weighted by Crippen LogP contribution is 2.28. The number of imide groups is 1. The van der Waals surface area contributed by atoms with Gasteiger partial charge in [-0.3, -0.25) is 14.9 Å². The first kappa shape index (κ1) is 20.9. The van der Waals surface area contributed by atoms with Gasteiger partial charge in [-0.2, -0.15) is 0 Å². The van der Waals surface area contributed by atoms with E-state index in [1.165, 1.54) is 31.4 Å². The van der Waals surface area contributed by atoms with Crippen LogP contribution in [0, 0.1) is 11.8 Å². The Morgan fingerprint density at radius 2 is 2.06 bits per heavy atom. The number of pyridine rings is 1. The minimum atomic E-state index is -1.71. The molecule has 4 amide bonds. The number of rotatable bonds is 4. The van der Waals surface area contributed by atoms with E-state index in [9.17, 15) is 19.2 Å². The molecule has 3 heterocycles. The van der Waals surface area contributed by atoms with Gasteiger partial charge in [0.1, 0.15) is 5.75 Å². The number of aromatic nitrogens is 1. The van der Waals surface area contributed by atoms with Crippen LogP contribution >= 0.6 is 0 Å². The van der Waals surface area contributed by atoms with E-state index in [2.05, 4.69) is 27.5 Å². The molecule has 2 aliphatic rings. The number of nitrogens with zero attached hydrogens (tertiary/aromatic N) is 2. The van der Waals surface area contributed by atoms with Crippen LogP contribution in [0.2, 0.25) is 0 Å². The van der Waals surface area contributed by atoms with Crippen molar-refractivity contribution in [1.82, 2.24) is 20.5 Å². The Morgan fingerprint density at radius 3 is 2.75 bits per heavy atom. The molecule has 0 radical (unpaired) electrons. The fourth-order valence-electron chi connectivity index (χ4n) is 3.55. The second-order valence-electron chi connectivity index (χ2n) is 7.14. The van der Waals surface area contributed by atoms with Crippen molar-refractivity contribution in [3.63, 3.8) is 0 Å². The van der Waals surface area contributed by atoms with Crippen LogP contribution < -0.4 is 15.4 Å². The smallest absolute Gasteiger partial charge is 0.357 e. The second-order valence-corrected chi connectivity index (χ2v) is 7.14. The van der Waals surface area contributed by atoms with E-state index in [0.717, 1.165) is 5.56 Å². The quantitative estimate of drug-likeness (QED) is 0.407. The van der Waals surface area contributed by atoms with E-state index < -0.39 is 23.4 Å². The van der Waals surface area contributed by atoms with Gasteiger partial charge < -0.3 is 19.7 Å². The maximum Gasteiger partial charge on any atom is 0.357 e. The van der Waals surface area contributed by atoms with Crippen molar-refractivity contribution < 1.29 is 28.7 Å². The molecule has 162 valence electrons. The molecule has 10 nitrogen and oxygen atoms in total. The van der Waals surface area contributed by atoms with Crippen molar-refractivity contribution in [2.75, 3.05) is 20.8 Å². The number of nitrogens with one attached hydrogen (secondary N) is 2. The lowest BCUT2D eigenvalue weighted by Crippen LogP contribution is -2.54. The van der Waals surface area contributed by atoms with Gasteiger partial charge in [-0.25, -0.2) is 14.6 Å². The third-order valence-corrected chi connectivity index (χ3v) is 5.16. The van der Waals surface area contributed by atoms with E-state index >= 15 is 0 Å². The minimum absolute atomic E-state index is 0.0286. The number of benzene rings is 1. The van der Waals surface area contributed by atoms with Gasteiger partial charge in [0.15, 0.2) is 5.69 Å². The summed E-state index contributed by atoms with van der Waals surface area (Å²) in [6.07, 6.45) is 1.41. The predicted octanol–water partition coefficient (Wildman–Crippen LogP) is 0.463. The standard InChI is InChI=1S/C22H18N4O6/c1-31-15-6-5-14-11-26(18(27)16(14)10-15)12-22(20(29)24-21(30)25-22)8-7-13-4-3-9-23-17(13)19(28)32-2/h3-6,9-10H,11-12H2,1-2H3,(H2,24,25,29,30)/t22-/m1/s1. The van der Waals surface area contributed by atoms with E-state index in [0.29, 0.717) is 11.3 Å². The average Bonchev–Trinajstić information content (AvgIpc) is 3.26. The minimum Gasteiger partial charge on any atom is -0.497 e. The summed E-state index contributed by atoms with van der Waals surface area (Å²) in [4.78, 5) is 55.0. The molecule has 1 atom stereocenters. The number of fused-ring (bicyclic) bond motifs is 1. The number of ether oxygens (including phenoxy) is 2. The molecular weight excluding hydrogens is 416 g/mol. The van der Waals surface area contributed by atoms with E-state index in [1.54, 1.807) is 24.3 Å². The number of methoxy groups -OCH3 is 2. The van der Waals surface area contributed by atoms with Crippen molar-refractivity contribution in [2.45, 2.75) is 12.1 Å². The highest BCUT2D eigenvalue weighted by atomic mass is 16.5. The fraction of sp³-hybridized carbons (Fsp3) is 0.227. The Labute approximate surface area is 182 Å². The Kier molecular flexibility index (Phi) is 5.24. The second kappa shape index (κ2) is 8.03. The van der Waals surface area contributed by atoms with Crippen molar-refractivity contribution >= 4 is 23.8 Å². The molecule has 1 aromatic heterocycles. The summed E-state index contributed by atoms with van der Waals surface area (Å²) in [5, 5.41) is 4.68. The molecule has 32 heavy (non-hydrogen) atoms. The Morgan fingerprint density at radius 1 is 1.25 bits per heavy atom. The Hall–Kier alpha value is -4.39. The summed E-state index contributed by atoms with van der Waals surface area (Å²) in [5.74, 6) is 4.33. The molecular formula is C22H18N4O6. The molecule has 2 aliphatic heterocycles. The van der Waals surface area contributed by atoms with Crippen LogP contribution in [0.1, 0.15) is 32.0 Å². The summed E-state index contributed by atoms with van der Waals surface area (Å²) in [6, 6.07) is 7.53. The highest BCUT2D eigenvalue weighted by Gasteiger charge is 2.48. The fourth-order valence-corrected chi connectivity index (χ4v) is 3.55. The van der Waals surface area contributed by atoms with E-state index in [-0.39, 0.29) is 30.3 Å². The zero-order valence-corrected chi connectivity index (χ0v) is 17.2. The summed E-state index contributed by atoms with van der Waals surface area (Å²) in [5.41, 5.74) is -0.295. The van der Waals surface area contributed by atoms with Gasteiger partial charge in [0.25, 0.3) is 11.8 Å². The van der Waals surface area contributed by atoms with Crippen LogP contribution in [0.5, 0.6) is 5.75 Å². The van der Waals surface area contributed by atoms with Gasteiger partial charge in [0.05, 0.1) is 26.3 Å². The lowest BCUT2D eigenvalue weighted by Gasteiger charge is -2.26. The molecule has 0 spiro atoms. The first-order valence-electron chi connectivity index (χ1n) is 9.53. The summed E-state index contributed by atoms with van der Waals surface area (Å²) >= 11 is 0. The third kappa shape index (κ3) is 3.60. The van der Waals surface area contributed by atoms with Crippen LogP contribution in [-0.2, 0) is 16.1 Å². The Bertz CT molecular complexity index is 1210. The predicted molar refractivity (Wildman–Crippen MR) is 110 cm³/mol. The molecule has 1 aromatic carbocycles. The van der Waals surface area contributed by atoms with Crippen molar-refractivity contribution in [1.29, 1.82) is 0 Å². The van der Waals surface area contributed by atoms with Gasteiger partial charge in [-0.05, 0) is 29.8 Å². The zero-order valence-electron chi connectivity index (χ0n) is 17.2. The largest absolute Gasteiger partial charge is 0.497 e. The molecule has 0 bridgehead atoms. The van der Waals surface area contributed by atoms with Gasteiger partial charge in [-0.1, -0.05) is 17.9 Å². The Balaban J connectivity index is 1.68. The number of amides is 4. The van der Waals surface area contributed by atoms with Gasteiger partial charge in [-0.15, -0.1) is 0 Å². The van der Waals surface area contributed by atoms with E-state index in [4.69, 9.17) is 9.47 Å². The van der Waals surface area contributed by atoms with Crippen LogP contribution in [0.4, 0.5) is 4.79 Å². The first-order chi connectivity index (χ1) is 15.4. The summed E-state index contributed by atoms with van der Waals surface area (Å²) in [7, 11) is 2.72. The third-order valence-electron chi connectivity index (χ3n) is 5.16. The zero-order chi connectivity index (χ0) is 22.9. The average molecular weight is 434 g/mol. The maximum absolute atomic E-state index is 12.9. The molecule has 2 N–H and O–H groups in total.